The lowest BCUT2D eigenvalue weighted by Gasteiger charge is -2.24. The highest BCUT2D eigenvalue weighted by atomic mass is 35.5. The Morgan fingerprint density at radius 3 is 2.51 bits per heavy atom. The van der Waals surface area contributed by atoms with Crippen molar-refractivity contribution in [3.8, 4) is 0 Å². The number of ether oxygens (including phenoxy) is 2. The number of hydrogen-bond acceptors (Lipinski definition) is 9. The summed E-state index contributed by atoms with van der Waals surface area (Å²) in [5, 5.41) is 0.239. The van der Waals surface area contributed by atoms with E-state index in [9.17, 15) is 4.57 Å². The van der Waals surface area contributed by atoms with Gasteiger partial charge in [-0.05, 0) is 71.6 Å². The van der Waals surface area contributed by atoms with E-state index in [2.05, 4.69) is 15.0 Å². The number of imidazole rings is 1. The van der Waals surface area contributed by atoms with Gasteiger partial charge >= 0.3 is 7.82 Å². The van der Waals surface area contributed by atoms with Gasteiger partial charge in [0.1, 0.15) is 11.6 Å². The van der Waals surface area contributed by atoms with Crippen molar-refractivity contribution in [2.24, 2.45) is 11.3 Å². The average molecular weight is 547 g/mol. The number of hydrogen-bond donors (Lipinski definition) is 0. The molecule has 3 fully saturated rings. The molecule has 1 saturated heterocycles. The summed E-state index contributed by atoms with van der Waals surface area (Å²) < 4.78 is 44.3. The van der Waals surface area contributed by atoms with E-state index in [1.807, 2.05) is 24.5 Å². The first kappa shape index (κ1) is 25.4. The zero-order valence-corrected chi connectivity index (χ0v) is 22.8. The molecule has 0 bridgehead atoms. The van der Waals surface area contributed by atoms with E-state index in [4.69, 9.17) is 46.2 Å². The van der Waals surface area contributed by atoms with Gasteiger partial charge in [-0.25, -0.2) is 14.5 Å². The Hall–Kier alpha value is -1.26. The minimum atomic E-state index is -3.78. The zero-order valence-electron chi connectivity index (χ0n) is 20.3. The molecule has 5 rings (SSSR count). The van der Waals surface area contributed by atoms with Crippen molar-refractivity contribution in [1.29, 1.82) is 0 Å². The Kier molecular flexibility index (Phi) is 6.28. The summed E-state index contributed by atoms with van der Waals surface area (Å²) in [5.74, 6) is -0.643. The minimum absolute atomic E-state index is 0.0455. The van der Waals surface area contributed by atoms with Crippen molar-refractivity contribution >= 4 is 42.2 Å². The van der Waals surface area contributed by atoms with Crippen molar-refractivity contribution < 1.29 is 27.6 Å². The predicted molar refractivity (Wildman–Crippen MR) is 129 cm³/mol. The fourth-order valence-electron chi connectivity index (χ4n) is 5.31. The van der Waals surface area contributed by atoms with Crippen LogP contribution >= 0.6 is 31.0 Å². The first-order valence-corrected chi connectivity index (χ1v) is 13.8. The molecule has 13 heteroatoms. The molecule has 2 aromatic heterocycles. The second-order valence-corrected chi connectivity index (χ2v) is 12.4. The summed E-state index contributed by atoms with van der Waals surface area (Å²) in [4.78, 5) is 12.8. The molecule has 2 aromatic rings. The highest BCUT2D eigenvalue weighted by molar-refractivity contribution is 7.48. The second kappa shape index (κ2) is 8.65. The summed E-state index contributed by atoms with van der Waals surface area (Å²) in [5.41, 5.74) is 0.622. The maximum Gasteiger partial charge on any atom is 0.529 e. The molecule has 0 amide bonds. The Balaban J connectivity index is 1.46. The van der Waals surface area contributed by atoms with Gasteiger partial charge in [0.25, 0.3) is 0 Å². The highest BCUT2D eigenvalue weighted by Gasteiger charge is 2.75. The molecule has 1 aliphatic heterocycles. The zero-order chi connectivity index (χ0) is 25.3. The van der Waals surface area contributed by atoms with Crippen molar-refractivity contribution in [1.82, 2.24) is 19.5 Å². The third kappa shape index (κ3) is 4.52. The molecule has 0 aromatic carbocycles. The molecule has 192 valence electrons. The lowest BCUT2D eigenvalue weighted by molar-refractivity contribution is -0.159. The third-order valence-corrected chi connectivity index (χ3v) is 8.60. The van der Waals surface area contributed by atoms with E-state index in [0.717, 1.165) is 6.42 Å². The van der Waals surface area contributed by atoms with Gasteiger partial charge in [0.15, 0.2) is 16.6 Å². The molecular weight excluding hydrogens is 518 g/mol. The van der Waals surface area contributed by atoms with E-state index in [1.54, 1.807) is 34.0 Å². The van der Waals surface area contributed by atoms with Crippen molar-refractivity contribution in [3.05, 3.63) is 29.1 Å². The number of phosphoric ester groups is 1. The fraction of sp³-hybridized carbons (Fsp3) is 0.682. The van der Waals surface area contributed by atoms with Gasteiger partial charge in [-0.15, -0.1) is 0 Å². The van der Waals surface area contributed by atoms with Gasteiger partial charge in [0.2, 0.25) is 5.28 Å². The number of fused-ring (bicyclic) bond motifs is 4. The summed E-state index contributed by atoms with van der Waals surface area (Å²) in [7, 11) is -3.78. The van der Waals surface area contributed by atoms with Crippen LogP contribution in [0.5, 0.6) is 0 Å². The van der Waals surface area contributed by atoms with Crippen LogP contribution in [0.25, 0.3) is 11.2 Å². The topological polar surface area (TPSA) is 107 Å². The number of nitrogens with zero attached hydrogens (tertiary/aromatic N) is 4. The number of rotatable bonds is 8. The third-order valence-electron chi connectivity index (χ3n) is 6.43. The fourth-order valence-corrected chi connectivity index (χ4v) is 7.12. The molecule has 1 unspecified atom stereocenters. The molecule has 0 N–H and O–H groups in total. The van der Waals surface area contributed by atoms with E-state index < -0.39 is 13.6 Å². The van der Waals surface area contributed by atoms with E-state index >= 15 is 0 Å². The van der Waals surface area contributed by atoms with Gasteiger partial charge in [0.05, 0.1) is 36.9 Å². The van der Waals surface area contributed by atoms with E-state index in [0.29, 0.717) is 11.2 Å². The van der Waals surface area contributed by atoms with Crippen LogP contribution < -0.4 is 0 Å². The SMILES string of the molecule is CC(C)OP(=O)(O/C=C/C12C[C@@H]1[C@@H](n1cnc3c(Cl)nc(Cl)nc31)[C@@H]1OC(C)(C)O[C@@H]12)OC(C)C. The molecule has 3 aliphatic rings. The minimum Gasteiger partial charge on any atom is -0.412 e. The van der Waals surface area contributed by atoms with Crippen LogP contribution in [0.1, 0.15) is 54.0 Å². The molecule has 0 radical (unpaired) electrons. The summed E-state index contributed by atoms with van der Waals surface area (Å²) >= 11 is 12.3. The smallest absolute Gasteiger partial charge is 0.412 e. The molecule has 2 aliphatic carbocycles. The predicted octanol–water partition coefficient (Wildman–Crippen LogP) is 5.70. The second-order valence-electron chi connectivity index (χ2n) is 10.2. The normalized spacial score (nSPS) is 31.6. The van der Waals surface area contributed by atoms with Crippen molar-refractivity contribution in [2.75, 3.05) is 0 Å². The molecule has 5 atom stereocenters. The van der Waals surface area contributed by atoms with Gasteiger partial charge in [-0.2, -0.15) is 4.98 Å². The molecular formula is C22H29Cl2N4O6P. The van der Waals surface area contributed by atoms with Crippen LogP contribution in [-0.2, 0) is 27.6 Å². The van der Waals surface area contributed by atoms with Crippen LogP contribution in [0.2, 0.25) is 10.4 Å². The lowest BCUT2D eigenvalue weighted by Crippen LogP contribution is -2.31. The molecule has 0 spiro atoms. The first-order valence-electron chi connectivity index (χ1n) is 11.6. The Bertz CT molecular complexity index is 1210. The quantitative estimate of drug-likeness (QED) is 0.178. The molecule has 3 heterocycles. The number of halogens is 2. The van der Waals surface area contributed by atoms with Crippen LogP contribution in [0.3, 0.4) is 0 Å². The van der Waals surface area contributed by atoms with Crippen LogP contribution in [-0.4, -0.2) is 49.7 Å². The lowest BCUT2D eigenvalue weighted by atomic mass is 9.99. The summed E-state index contributed by atoms with van der Waals surface area (Å²) in [6.07, 6.45) is 4.62. The number of phosphoric acid groups is 1. The maximum atomic E-state index is 13.1. The summed E-state index contributed by atoms with van der Waals surface area (Å²) in [6, 6.07) is -0.135. The molecule has 10 nitrogen and oxygen atoms in total. The monoisotopic (exact) mass is 546 g/mol. The van der Waals surface area contributed by atoms with E-state index in [1.165, 1.54) is 6.26 Å². The van der Waals surface area contributed by atoms with Gasteiger partial charge in [-0.1, -0.05) is 11.6 Å². The Morgan fingerprint density at radius 1 is 1.17 bits per heavy atom. The van der Waals surface area contributed by atoms with Crippen LogP contribution in [0, 0.1) is 11.3 Å². The van der Waals surface area contributed by atoms with Crippen molar-refractivity contribution in [3.63, 3.8) is 0 Å². The Labute approximate surface area is 213 Å². The van der Waals surface area contributed by atoms with Crippen molar-refractivity contribution in [2.45, 2.75) is 84.2 Å². The first-order chi connectivity index (χ1) is 16.3. The van der Waals surface area contributed by atoms with E-state index in [-0.39, 0.29) is 52.2 Å². The molecule has 2 saturated carbocycles. The van der Waals surface area contributed by atoms with Gasteiger partial charge in [0, 0.05) is 5.41 Å². The van der Waals surface area contributed by atoms with Gasteiger partial charge in [-0.3, -0.25) is 9.05 Å². The molecule has 35 heavy (non-hydrogen) atoms. The van der Waals surface area contributed by atoms with Crippen LogP contribution in [0.15, 0.2) is 18.7 Å². The number of aromatic nitrogens is 4. The standard InChI is InChI=1S/C22H29Cl2N4O6P/c1-11(2)33-35(29,34-12(3)4)30-8-7-22-9-13(22)15(16-17(22)32-21(5,6)31-16)28-10-25-14-18(23)26-20(24)27-19(14)28/h7-8,10-13,15-17H,9H2,1-6H3/b8-7+/t13-,15-,16+,17+,22?/m1/s1. The average Bonchev–Trinajstić information content (AvgIpc) is 2.96. The Morgan fingerprint density at radius 2 is 1.86 bits per heavy atom. The van der Waals surface area contributed by atoms with Crippen LogP contribution in [0.4, 0.5) is 0 Å². The highest BCUT2D eigenvalue weighted by Crippen LogP contribution is 2.72. The maximum absolute atomic E-state index is 13.1. The summed E-state index contributed by atoms with van der Waals surface area (Å²) in [6.45, 7) is 10.9. The van der Waals surface area contributed by atoms with Gasteiger partial charge < -0.3 is 18.6 Å². The largest absolute Gasteiger partial charge is 0.529 e.